The van der Waals surface area contributed by atoms with E-state index in [0.29, 0.717) is 16.0 Å². The van der Waals surface area contributed by atoms with Gasteiger partial charge < -0.3 is 4.74 Å². The predicted molar refractivity (Wildman–Crippen MR) is 220 cm³/mol. The molecular formula is C23H15B18Cl2FO3S. The van der Waals surface area contributed by atoms with Crippen LogP contribution in [-0.2, 0) is 16.4 Å². The van der Waals surface area contributed by atoms with Crippen LogP contribution in [0.3, 0.4) is 0 Å². The molecule has 0 amide bonds. The zero-order valence-corrected chi connectivity index (χ0v) is 28.2. The highest BCUT2D eigenvalue weighted by Crippen LogP contribution is 2.33. The van der Waals surface area contributed by atoms with Crippen LogP contribution in [0, 0.1) is 5.82 Å². The summed E-state index contributed by atoms with van der Waals surface area (Å²) in [5.41, 5.74) is 0.415. The molecule has 3 nitrogen and oxygen atoms in total. The van der Waals surface area contributed by atoms with Crippen molar-refractivity contribution in [2.75, 3.05) is 0 Å². The third-order valence-corrected chi connectivity index (χ3v) is 10.1. The Balaban J connectivity index is 0.000000300. The number of rotatable bonds is 12. The summed E-state index contributed by atoms with van der Waals surface area (Å²) >= 11 is 11.7. The van der Waals surface area contributed by atoms with E-state index in [4.69, 9.17) is 105 Å². The lowest BCUT2D eigenvalue weighted by atomic mass is 8.41. The van der Waals surface area contributed by atoms with Crippen molar-refractivity contribution in [1.29, 1.82) is 0 Å². The van der Waals surface area contributed by atoms with Crippen LogP contribution in [0.15, 0.2) is 88.7 Å². The second kappa shape index (κ2) is 18.2. The molecule has 48 heavy (non-hydrogen) atoms. The Morgan fingerprint density at radius 2 is 1.12 bits per heavy atom. The molecule has 25 heteroatoms. The van der Waals surface area contributed by atoms with Gasteiger partial charge in [0.2, 0.25) is 9.84 Å². The molecule has 0 N–H and O–H groups in total. The molecule has 0 aromatic heterocycles. The van der Waals surface area contributed by atoms with Gasteiger partial charge in [0.1, 0.15) is 6.61 Å². The highest BCUT2D eigenvalue weighted by molar-refractivity contribution is 8.17. The molecule has 20 radical (unpaired) electrons. The van der Waals surface area contributed by atoms with Gasteiger partial charge in [-0.25, -0.2) is 12.8 Å². The molecule has 0 aliphatic carbocycles. The van der Waals surface area contributed by atoms with Crippen molar-refractivity contribution in [3.8, 4) is 5.75 Å². The van der Waals surface area contributed by atoms with Crippen LogP contribution in [0.1, 0.15) is 5.56 Å². The van der Waals surface area contributed by atoms with Crippen molar-refractivity contribution >= 4 is 172 Å². The Bertz CT molecular complexity index is 1740. The first kappa shape index (κ1) is 41.0. The van der Waals surface area contributed by atoms with Gasteiger partial charge in [0.15, 0.2) is 11.6 Å². The smallest absolute Gasteiger partial charge is 0.207 e. The summed E-state index contributed by atoms with van der Waals surface area (Å²) in [4.78, 5) is 0.236. The van der Waals surface area contributed by atoms with Crippen LogP contribution in [0.2, 0.25) is 10.0 Å². The van der Waals surface area contributed by atoms with Gasteiger partial charge in [-0.2, -0.15) is 0 Å². The third kappa shape index (κ3) is 10.3. The second-order valence-corrected chi connectivity index (χ2v) is 14.0. The average Bonchev–Trinajstić information content (AvgIpc) is 2.99. The fourth-order valence-electron chi connectivity index (χ4n) is 5.51. The summed E-state index contributed by atoms with van der Waals surface area (Å²) in [7, 11) is 52.8. The van der Waals surface area contributed by atoms with Crippen molar-refractivity contribution in [2.24, 2.45) is 0 Å². The summed E-state index contributed by atoms with van der Waals surface area (Å²) in [5, 5.41) is 2.02. The number of hydrogen-bond acceptors (Lipinski definition) is 3. The van der Waals surface area contributed by atoms with E-state index in [9.17, 15) is 12.8 Å². The van der Waals surface area contributed by atoms with Crippen molar-refractivity contribution in [3.05, 3.63) is 100 Å². The molecule has 0 spiro atoms. The summed E-state index contributed by atoms with van der Waals surface area (Å²) in [6, 6.07) is 20.7. The van der Waals surface area contributed by atoms with E-state index in [-0.39, 0.29) is 27.2 Å². The molecule has 0 aliphatic heterocycles. The Morgan fingerprint density at radius 3 is 1.62 bits per heavy atom. The zero-order valence-electron chi connectivity index (χ0n) is 25.9. The fourth-order valence-corrected chi connectivity index (χ4v) is 7.47. The molecule has 0 saturated carbocycles. The minimum atomic E-state index is -3.89. The molecule has 0 saturated heterocycles. The number of hydrogen-bond donors (Lipinski definition) is 0. The molecule has 0 unspecified atom stereocenters. The topological polar surface area (TPSA) is 43.4 Å². The molecule has 4 aromatic rings. The Labute approximate surface area is 310 Å². The quantitative estimate of drug-likeness (QED) is 0.200. The first-order valence-corrected chi connectivity index (χ1v) is 16.9. The van der Waals surface area contributed by atoms with E-state index < -0.39 is 66.7 Å². The van der Waals surface area contributed by atoms with Gasteiger partial charge in [-0.15, -0.1) is 0 Å². The van der Waals surface area contributed by atoms with Gasteiger partial charge in [0, 0.05) is 149 Å². The molecule has 0 aliphatic rings. The Kier molecular flexibility index (Phi) is 15.5. The van der Waals surface area contributed by atoms with Crippen molar-refractivity contribution in [1.82, 2.24) is 0 Å². The molecular weight excluding hydrogens is 641 g/mol. The molecule has 206 valence electrons. The fraction of sp³-hybridized carbons (Fsp3) is 0.0435. The molecule has 0 bridgehead atoms. The van der Waals surface area contributed by atoms with Crippen LogP contribution in [0.4, 0.5) is 4.39 Å². The van der Waals surface area contributed by atoms with Crippen LogP contribution in [0.5, 0.6) is 5.75 Å². The summed E-state index contributed by atoms with van der Waals surface area (Å²) in [6.45, 7) is -0.133. The average molecular weight is 656 g/mol. The van der Waals surface area contributed by atoms with E-state index in [1.807, 2.05) is 18.2 Å². The summed E-state index contributed by atoms with van der Waals surface area (Å²) in [5.74, 6) is -0.632. The number of ether oxygens (including phenoxy) is 1. The van der Waals surface area contributed by atoms with Gasteiger partial charge in [-0.1, -0.05) is 59.6 Å². The lowest BCUT2D eigenvalue weighted by Crippen LogP contribution is -2.78. The van der Waals surface area contributed by atoms with Gasteiger partial charge in [0.25, 0.3) is 0 Å². The number of sulfone groups is 1. The maximum atomic E-state index is 14.1. The summed E-state index contributed by atoms with van der Waals surface area (Å²) in [6.07, 6.45) is -6.04. The van der Waals surface area contributed by atoms with Crippen molar-refractivity contribution < 1.29 is 17.5 Å². The number of fused-ring (bicyclic) bond motifs is 1. The van der Waals surface area contributed by atoms with Gasteiger partial charge in [0.05, 0.1) is 9.79 Å². The van der Waals surface area contributed by atoms with Gasteiger partial charge >= 0.3 is 0 Å². The maximum absolute atomic E-state index is 14.1. The van der Waals surface area contributed by atoms with Crippen molar-refractivity contribution in [3.63, 3.8) is 0 Å². The zero-order chi connectivity index (χ0) is 35.9. The van der Waals surface area contributed by atoms with Crippen LogP contribution in [0.25, 0.3) is 10.8 Å². The van der Waals surface area contributed by atoms with E-state index in [0.717, 1.165) is 11.5 Å². The predicted octanol–water partition coefficient (Wildman–Crippen LogP) is -0.157. The monoisotopic (exact) mass is 658 g/mol. The van der Waals surface area contributed by atoms with E-state index in [2.05, 4.69) is 0 Å². The molecule has 0 atom stereocenters. The van der Waals surface area contributed by atoms with E-state index >= 15 is 0 Å². The van der Waals surface area contributed by atoms with E-state index in [1.165, 1.54) is 36.4 Å². The highest BCUT2D eigenvalue weighted by Gasteiger charge is 2.42. The van der Waals surface area contributed by atoms with Gasteiger partial charge in [-0.3, -0.25) is 0 Å². The second-order valence-electron chi connectivity index (χ2n) is 11.2. The minimum absolute atomic E-state index is 0.0117. The SMILES string of the molecule is O=S(=O)(c1ccc(Cl)cc1)c1c(COc2ccc(Cl)cc2F)ccc2ccccc12.[B]B([B])B(B([B])[B])B(B([B])[B])B(B([B])[B])B([B])[B]. The lowest BCUT2D eigenvalue weighted by Gasteiger charge is -2.40. The first-order valence-electron chi connectivity index (χ1n) is 14.6. The minimum Gasteiger partial charge on any atom is -0.486 e. The molecule has 0 fully saturated rings. The molecule has 0 heterocycles. The number of halogens is 3. The number of benzene rings is 4. The first-order chi connectivity index (χ1) is 22.5. The van der Waals surface area contributed by atoms with Crippen LogP contribution < -0.4 is 4.74 Å². The standard InChI is InChI=1S/C23H15Cl2FO3S.B18/c24-17-7-10-19(11-8-17)30(27,28)23-16(6-5-15-3-1-2-4-20(15)23)14-29-22-12-9-18(25)13-21(22)26;1-11(2)16(12(3)4)18(15(9)10)17(13(5)6)14(7)8/h1-13H,14H2;. The lowest BCUT2D eigenvalue weighted by molar-refractivity contribution is 0.287. The van der Waals surface area contributed by atoms with Crippen LogP contribution >= 0.6 is 23.2 Å². The molecule has 4 aromatic carbocycles. The normalized spacial score (nSPS) is 10.6. The highest BCUT2D eigenvalue weighted by atomic mass is 35.5. The Morgan fingerprint density at radius 1 is 0.625 bits per heavy atom. The molecule has 4 rings (SSSR count). The van der Waals surface area contributed by atoms with Crippen LogP contribution in [-0.4, -0.2) is 137 Å². The Hall–Kier alpha value is -1.43. The van der Waals surface area contributed by atoms with Crippen molar-refractivity contribution in [2.45, 2.75) is 16.4 Å². The van der Waals surface area contributed by atoms with E-state index in [1.54, 1.807) is 18.2 Å². The maximum Gasteiger partial charge on any atom is 0.207 e. The summed E-state index contributed by atoms with van der Waals surface area (Å²) < 4.78 is 46.7. The largest absolute Gasteiger partial charge is 0.486 e. The third-order valence-electron chi connectivity index (χ3n) is 7.74. The van der Waals surface area contributed by atoms with Gasteiger partial charge in [-0.05, 0) is 47.9 Å².